The molecule has 0 aliphatic carbocycles. The molecule has 2 aromatic rings. The number of pyridine rings is 1. The zero-order valence-electron chi connectivity index (χ0n) is 12.4. The molecule has 1 saturated heterocycles. The molecule has 0 radical (unpaired) electrons. The lowest BCUT2D eigenvalue weighted by Crippen LogP contribution is -2.28. The Balaban J connectivity index is 1.73. The molecule has 23 heavy (non-hydrogen) atoms. The van der Waals surface area contributed by atoms with Gasteiger partial charge in [-0.3, -0.25) is 4.79 Å². The van der Waals surface area contributed by atoms with Gasteiger partial charge in [0.25, 0.3) is 0 Å². The Morgan fingerprint density at radius 1 is 1.30 bits per heavy atom. The standard InChI is InChI=1S/C15H17N3O4S/c19-15(9-12-4-8-22-11-12)17-14-10-13(3-5-16-14)23(20,21)18-6-1-2-7-18/h3-5,8,10-11H,1-2,6-7,9H2,(H,16,17,19). The molecule has 7 nitrogen and oxygen atoms in total. The van der Waals surface area contributed by atoms with Crippen LogP contribution in [0.4, 0.5) is 5.82 Å². The van der Waals surface area contributed by atoms with Gasteiger partial charge < -0.3 is 9.73 Å². The summed E-state index contributed by atoms with van der Waals surface area (Å²) in [6.45, 7) is 1.07. The fraction of sp³-hybridized carbons (Fsp3) is 0.333. The monoisotopic (exact) mass is 335 g/mol. The lowest BCUT2D eigenvalue weighted by Gasteiger charge is -2.15. The number of hydrogen-bond acceptors (Lipinski definition) is 5. The third-order valence-electron chi connectivity index (χ3n) is 3.65. The van der Waals surface area contributed by atoms with Crippen LogP contribution >= 0.6 is 0 Å². The SMILES string of the molecule is O=C(Cc1ccoc1)Nc1cc(S(=O)(=O)N2CCCC2)ccn1. The molecule has 0 unspecified atom stereocenters. The van der Waals surface area contributed by atoms with Crippen LogP contribution < -0.4 is 5.32 Å². The molecule has 1 N–H and O–H groups in total. The maximum absolute atomic E-state index is 12.5. The Bertz CT molecular complexity index is 781. The van der Waals surface area contributed by atoms with Gasteiger partial charge in [-0.05, 0) is 30.5 Å². The van der Waals surface area contributed by atoms with Crippen LogP contribution in [0.3, 0.4) is 0 Å². The summed E-state index contributed by atoms with van der Waals surface area (Å²) in [7, 11) is -3.52. The highest BCUT2D eigenvalue weighted by Gasteiger charge is 2.27. The molecule has 1 aliphatic heterocycles. The minimum absolute atomic E-state index is 0.140. The van der Waals surface area contributed by atoms with Crippen molar-refractivity contribution in [3.8, 4) is 0 Å². The zero-order chi connectivity index (χ0) is 16.3. The first-order valence-corrected chi connectivity index (χ1v) is 8.77. The van der Waals surface area contributed by atoms with Crippen molar-refractivity contribution in [2.75, 3.05) is 18.4 Å². The molecule has 1 amide bonds. The van der Waals surface area contributed by atoms with Crippen LogP contribution in [-0.2, 0) is 21.2 Å². The lowest BCUT2D eigenvalue weighted by atomic mass is 10.2. The molecule has 1 fully saturated rings. The summed E-state index contributed by atoms with van der Waals surface area (Å²) >= 11 is 0. The molecular weight excluding hydrogens is 318 g/mol. The Labute approximate surface area is 134 Å². The van der Waals surface area contributed by atoms with E-state index in [1.165, 1.54) is 35.2 Å². The number of aromatic nitrogens is 1. The van der Waals surface area contributed by atoms with Crippen LogP contribution in [0.2, 0.25) is 0 Å². The van der Waals surface area contributed by atoms with E-state index in [1.54, 1.807) is 6.07 Å². The molecule has 0 bridgehead atoms. The van der Waals surface area contributed by atoms with Crippen molar-refractivity contribution < 1.29 is 17.6 Å². The van der Waals surface area contributed by atoms with E-state index in [0.717, 1.165) is 18.4 Å². The maximum Gasteiger partial charge on any atom is 0.243 e. The number of hydrogen-bond donors (Lipinski definition) is 1. The fourth-order valence-electron chi connectivity index (χ4n) is 2.48. The Kier molecular flexibility index (Phi) is 4.44. The van der Waals surface area contributed by atoms with Crippen molar-refractivity contribution in [1.82, 2.24) is 9.29 Å². The molecule has 0 saturated carbocycles. The first-order valence-electron chi connectivity index (χ1n) is 7.33. The molecule has 3 heterocycles. The van der Waals surface area contributed by atoms with Gasteiger partial charge in [-0.1, -0.05) is 0 Å². The first kappa shape index (κ1) is 15.7. The topological polar surface area (TPSA) is 92.5 Å². The third-order valence-corrected chi connectivity index (χ3v) is 5.54. The van der Waals surface area contributed by atoms with Crippen LogP contribution in [0.5, 0.6) is 0 Å². The van der Waals surface area contributed by atoms with Crippen molar-refractivity contribution in [3.05, 3.63) is 42.5 Å². The van der Waals surface area contributed by atoms with Crippen molar-refractivity contribution in [2.24, 2.45) is 0 Å². The highest BCUT2D eigenvalue weighted by molar-refractivity contribution is 7.89. The van der Waals surface area contributed by atoms with E-state index >= 15 is 0 Å². The summed E-state index contributed by atoms with van der Waals surface area (Å²) in [6.07, 6.45) is 6.25. The van der Waals surface area contributed by atoms with E-state index in [9.17, 15) is 13.2 Å². The summed E-state index contributed by atoms with van der Waals surface area (Å²) in [5, 5.41) is 2.61. The van der Waals surface area contributed by atoms with Crippen LogP contribution in [0.15, 0.2) is 46.2 Å². The van der Waals surface area contributed by atoms with Gasteiger partial charge in [0.2, 0.25) is 15.9 Å². The summed E-state index contributed by atoms with van der Waals surface area (Å²) in [6, 6.07) is 4.53. The van der Waals surface area contributed by atoms with E-state index in [4.69, 9.17) is 4.42 Å². The number of nitrogens with one attached hydrogen (secondary N) is 1. The van der Waals surface area contributed by atoms with Gasteiger partial charge in [-0.25, -0.2) is 13.4 Å². The maximum atomic E-state index is 12.5. The normalized spacial score (nSPS) is 15.7. The summed E-state index contributed by atoms with van der Waals surface area (Å²) in [5.41, 5.74) is 0.739. The fourth-order valence-corrected chi connectivity index (χ4v) is 4.01. The van der Waals surface area contributed by atoms with E-state index in [1.807, 2.05) is 0 Å². The van der Waals surface area contributed by atoms with Crippen molar-refractivity contribution in [1.29, 1.82) is 0 Å². The molecule has 8 heteroatoms. The Hall–Kier alpha value is -2.19. The van der Waals surface area contributed by atoms with Gasteiger partial charge in [0.05, 0.1) is 23.8 Å². The van der Waals surface area contributed by atoms with Crippen LogP contribution in [-0.4, -0.2) is 36.7 Å². The Morgan fingerprint density at radius 3 is 2.78 bits per heavy atom. The predicted molar refractivity (Wildman–Crippen MR) is 83.3 cm³/mol. The summed E-state index contributed by atoms with van der Waals surface area (Å²) in [5.74, 6) is -0.0617. The van der Waals surface area contributed by atoms with Gasteiger partial charge in [-0.2, -0.15) is 4.31 Å². The average molecular weight is 335 g/mol. The molecule has 0 aromatic carbocycles. The number of carbonyl (C=O) groups excluding carboxylic acids is 1. The molecule has 122 valence electrons. The molecule has 0 atom stereocenters. The number of sulfonamides is 1. The highest BCUT2D eigenvalue weighted by Crippen LogP contribution is 2.22. The number of carbonyl (C=O) groups is 1. The quantitative estimate of drug-likeness (QED) is 0.897. The second-order valence-corrected chi connectivity index (χ2v) is 7.28. The number of anilines is 1. The van der Waals surface area contributed by atoms with Crippen molar-refractivity contribution in [3.63, 3.8) is 0 Å². The van der Waals surface area contributed by atoms with Crippen molar-refractivity contribution in [2.45, 2.75) is 24.2 Å². The van der Waals surface area contributed by atoms with Crippen LogP contribution in [0.25, 0.3) is 0 Å². The van der Waals surface area contributed by atoms with E-state index in [-0.39, 0.29) is 23.0 Å². The average Bonchev–Trinajstić information content (AvgIpc) is 3.20. The zero-order valence-corrected chi connectivity index (χ0v) is 13.3. The van der Waals surface area contributed by atoms with Gasteiger partial charge in [0, 0.05) is 25.4 Å². The number of nitrogens with zero attached hydrogens (tertiary/aromatic N) is 2. The second kappa shape index (κ2) is 6.51. The molecule has 2 aromatic heterocycles. The minimum atomic E-state index is -3.52. The largest absolute Gasteiger partial charge is 0.472 e. The second-order valence-electron chi connectivity index (χ2n) is 5.34. The van der Waals surface area contributed by atoms with Crippen molar-refractivity contribution >= 4 is 21.7 Å². The smallest absolute Gasteiger partial charge is 0.243 e. The van der Waals surface area contributed by atoms with E-state index in [0.29, 0.717) is 13.1 Å². The molecular formula is C15H17N3O4S. The number of furan rings is 1. The van der Waals surface area contributed by atoms with Gasteiger partial charge >= 0.3 is 0 Å². The molecule has 1 aliphatic rings. The lowest BCUT2D eigenvalue weighted by molar-refractivity contribution is -0.115. The number of amides is 1. The molecule has 0 spiro atoms. The number of rotatable bonds is 5. The van der Waals surface area contributed by atoms with Crippen LogP contribution in [0.1, 0.15) is 18.4 Å². The third kappa shape index (κ3) is 3.59. The Morgan fingerprint density at radius 2 is 2.09 bits per heavy atom. The molecule has 3 rings (SSSR count). The summed E-state index contributed by atoms with van der Waals surface area (Å²) < 4.78 is 31.4. The van der Waals surface area contributed by atoms with E-state index < -0.39 is 10.0 Å². The first-order chi connectivity index (χ1) is 11.1. The minimum Gasteiger partial charge on any atom is -0.472 e. The highest BCUT2D eigenvalue weighted by atomic mass is 32.2. The van der Waals surface area contributed by atoms with Gasteiger partial charge in [0.1, 0.15) is 5.82 Å². The van der Waals surface area contributed by atoms with E-state index in [2.05, 4.69) is 10.3 Å². The predicted octanol–water partition coefficient (Wildman–Crippen LogP) is 1.64. The van der Waals surface area contributed by atoms with Crippen LogP contribution in [0, 0.1) is 0 Å². The van der Waals surface area contributed by atoms with Gasteiger partial charge in [-0.15, -0.1) is 0 Å². The summed E-state index contributed by atoms with van der Waals surface area (Å²) in [4.78, 5) is 16.1. The van der Waals surface area contributed by atoms with Gasteiger partial charge in [0.15, 0.2) is 0 Å².